The van der Waals surface area contributed by atoms with Gasteiger partial charge in [-0.1, -0.05) is 0 Å². The summed E-state index contributed by atoms with van der Waals surface area (Å²) < 4.78 is 14.9. The highest BCUT2D eigenvalue weighted by molar-refractivity contribution is 6.41. The fourth-order valence-electron chi connectivity index (χ4n) is 1.58. The number of hydrogen-bond donors (Lipinski definition) is 0. The molecule has 0 saturated heterocycles. The number of ether oxygens (including phenoxy) is 3. The Bertz CT molecular complexity index is 465. The molecule has 0 aliphatic carbocycles. The summed E-state index contributed by atoms with van der Waals surface area (Å²) in [7, 11) is 2.88. The third-order valence-electron chi connectivity index (χ3n) is 2.33. The minimum atomic E-state index is -0.900. The summed E-state index contributed by atoms with van der Waals surface area (Å²) >= 11 is 0. The first-order valence-corrected chi connectivity index (χ1v) is 5.49. The standard InChI is InChI=1S/C13H16O5/c1-5-18-13(15)11(14)9-6-8(2)7-10(16-3)12(9)17-4/h6-7H,5H2,1-4H3. The van der Waals surface area contributed by atoms with Gasteiger partial charge in [-0.3, -0.25) is 4.79 Å². The van der Waals surface area contributed by atoms with Gasteiger partial charge in [0.05, 0.1) is 26.4 Å². The summed E-state index contributed by atoms with van der Waals surface area (Å²) in [4.78, 5) is 23.4. The highest BCUT2D eigenvalue weighted by Gasteiger charge is 2.24. The average Bonchev–Trinajstić information content (AvgIpc) is 2.36. The Morgan fingerprint density at radius 3 is 2.33 bits per heavy atom. The molecule has 0 spiro atoms. The molecule has 0 atom stereocenters. The summed E-state index contributed by atoms with van der Waals surface area (Å²) in [6.07, 6.45) is 0. The Morgan fingerprint density at radius 1 is 1.17 bits per heavy atom. The van der Waals surface area contributed by atoms with E-state index >= 15 is 0 Å². The van der Waals surface area contributed by atoms with Gasteiger partial charge < -0.3 is 14.2 Å². The summed E-state index contributed by atoms with van der Waals surface area (Å²) in [5.74, 6) is -0.995. The minimum Gasteiger partial charge on any atom is -0.493 e. The van der Waals surface area contributed by atoms with Crippen LogP contribution >= 0.6 is 0 Å². The molecule has 1 aromatic rings. The van der Waals surface area contributed by atoms with Crippen molar-refractivity contribution in [3.05, 3.63) is 23.3 Å². The summed E-state index contributed by atoms with van der Waals surface area (Å²) in [6.45, 7) is 3.58. The quantitative estimate of drug-likeness (QED) is 0.454. The van der Waals surface area contributed by atoms with Crippen molar-refractivity contribution in [1.29, 1.82) is 0 Å². The van der Waals surface area contributed by atoms with Crippen molar-refractivity contribution in [2.45, 2.75) is 13.8 Å². The third-order valence-corrected chi connectivity index (χ3v) is 2.33. The zero-order chi connectivity index (χ0) is 13.7. The molecule has 1 rings (SSSR count). The van der Waals surface area contributed by atoms with Crippen molar-refractivity contribution in [2.75, 3.05) is 20.8 Å². The second-order valence-electron chi connectivity index (χ2n) is 3.60. The zero-order valence-corrected chi connectivity index (χ0v) is 10.9. The molecule has 18 heavy (non-hydrogen) atoms. The number of Topliss-reactive ketones (excluding diaryl/α,β-unsaturated/α-hetero) is 1. The lowest BCUT2D eigenvalue weighted by Gasteiger charge is -2.12. The maximum absolute atomic E-state index is 11.9. The average molecular weight is 252 g/mol. The van der Waals surface area contributed by atoms with Crippen LogP contribution in [-0.4, -0.2) is 32.6 Å². The number of rotatable bonds is 5. The van der Waals surface area contributed by atoms with E-state index in [4.69, 9.17) is 9.47 Å². The van der Waals surface area contributed by atoms with Crippen molar-refractivity contribution in [2.24, 2.45) is 0 Å². The number of hydrogen-bond acceptors (Lipinski definition) is 5. The van der Waals surface area contributed by atoms with Gasteiger partial charge in [-0.15, -0.1) is 0 Å². The molecule has 0 N–H and O–H groups in total. The van der Waals surface area contributed by atoms with Crippen LogP contribution in [0, 0.1) is 6.92 Å². The van der Waals surface area contributed by atoms with E-state index < -0.39 is 11.8 Å². The maximum atomic E-state index is 11.9. The second kappa shape index (κ2) is 6.05. The van der Waals surface area contributed by atoms with E-state index in [9.17, 15) is 9.59 Å². The van der Waals surface area contributed by atoms with Crippen molar-refractivity contribution in [1.82, 2.24) is 0 Å². The van der Waals surface area contributed by atoms with Gasteiger partial charge in [0.15, 0.2) is 11.5 Å². The Labute approximate surface area is 106 Å². The number of aryl methyl sites for hydroxylation is 1. The van der Waals surface area contributed by atoms with E-state index in [1.54, 1.807) is 26.0 Å². The van der Waals surface area contributed by atoms with Gasteiger partial charge in [-0.25, -0.2) is 4.79 Å². The van der Waals surface area contributed by atoms with Crippen LogP contribution in [0.2, 0.25) is 0 Å². The first-order chi connectivity index (χ1) is 8.54. The third kappa shape index (κ3) is 2.80. The molecular formula is C13H16O5. The number of ketones is 1. The molecule has 0 aliphatic rings. The van der Waals surface area contributed by atoms with Gasteiger partial charge in [0.1, 0.15) is 0 Å². The predicted octanol–water partition coefficient (Wildman–Crippen LogP) is 1.76. The lowest BCUT2D eigenvalue weighted by atomic mass is 10.1. The number of benzene rings is 1. The zero-order valence-electron chi connectivity index (χ0n) is 10.9. The molecule has 5 nitrogen and oxygen atoms in total. The van der Waals surface area contributed by atoms with Crippen molar-refractivity contribution < 1.29 is 23.8 Å². The molecule has 0 saturated carbocycles. The largest absolute Gasteiger partial charge is 0.493 e. The second-order valence-corrected chi connectivity index (χ2v) is 3.60. The molecule has 0 bridgehead atoms. The minimum absolute atomic E-state index is 0.146. The molecule has 0 heterocycles. The smallest absolute Gasteiger partial charge is 0.379 e. The number of methoxy groups -OCH3 is 2. The van der Waals surface area contributed by atoms with Gasteiger partial charge in [0, 0.05) is 0 Å². The number of carbonyl (C=O) groups excluding carboxylic acids is 2. The monoisotopic (exact) mass is 252 g/mol. The Hall–Kier alpha value is -2.04. The normalized spacial score (nSPS) is 9.78. The summed E-state index contributed by atoms with van der Waals surface area (Å²) in [6, 6.07) is 3.29. The van der Waals surface area contributed by atoms with E-state index in [0.29, 0.717) is 5.75 Å². The fourth-order valence-corrected chi connectivity index (χ4v) is 1.58. The molecule has 5 heteroatoms. The Morgan fingerprint density at radius 2 is 1.83 bits per heavy atom. The summed E-state index contributed by atoms with van der Waals surface area (Å²) in [5.41, 5.74) is 0.938. The van der Waals surface area contributed by atoms with E-state index in [0.717, 1.165) is 5.56 Å². The number of carbonyl (C=O) groups is 2. The van der Waals surface area contributed by atoms with Gasteiger partial charge in [-0.05, 0) is 31.5 Å². The van der Waals surface area contributed by atoms with Crippen LogP contribution in [0.15, 0.2) is 12.1 Å². The molecule has 98 valence electrons. The topological polar surface area (TPSA) is 61.8 Å². The molecule has 0 aliphatic heterocycles. The van der Waals surface area contributed by atoms with Crippen LogP contribution in [0.4, 0.5) is 0 Å². The predicted molar refractivity (Wildman–Crippen MR) is 65.2 cm³/mol. The molecule has 0 amide bonds. The fraction of sp³-hybridized carbons (Fsp3) is 0.385. The highest BCUT2D eigenvalue weighted by atomic mass is 16.5. The van der Waals surface area contributed by atoms with Gasteiger partial charge >= 0.3 is 5.97 Å². The SMILES string of the molecule is CCOC(=O)C(=O)c1cc(C)cc(OC)c1OC. The van der Waals surface area contributed by atoms with Crippen molar-refractivity contribution >= 4 is 11.8 Å². The molecule has 1 aromatic carbocycles. The van der Waals surface area contributed by atoms with Crippen molar-refractivity contribution in [3.8, 4) is 11.5 Å². The van der Waals surface area contributed by atoms with Crippen LogP contribution in [-0.2, 0) is 9.53 Å². The lowest BCUT2D eigenvalue weighted by Crippen LogP contribution is -2.18. The maximum Gasteiger partial charge on any atom is 0.379 e. The van der Waals surface area contributed by atoms with Crippen LogP contribution < -0.4 is 9.47 Å². The molecular weight excluding hydrogens is 236 g/mol. The lowest BCUT2D eigenvalue weighted by molar-refractivity contribution is -0.137. The first-order valence-electron chi connectivity index (χ1n) is 5.49. The van der Waals surface area contributed by atoms with E-state index in [-0.39, 0.29) is 17.9 Å². The van der Waals surface area contributed by atoms with Crippen LogP contribution in [0.5, 0.6) is 11.5 Å². The van der Waals surface area contributed by atoms with E-state index in [1.165, 1.54) is 14.2 Å². The van der Waals surface area contributed by atoms with Crippen LogP contribution in [0.25, 0.3) is 0 Å². The Kier molecular flexibility index (Phi) is 4.71. The van der Waals surface area contributed by atoms with E-state index in [1.807, 2.05) is 0 Å². The highest BCUT2D eigenvalue weighted by Crippen LogP contribution is 2.32. The summed E-state index contributed by atoms with van der Waals surface area (Å²) in [5, 5.41) is 0. The van der Waals surface area contributed by atoms with Gasteiger partial charge in [0.2, 0.25) is 0 Å². The van der Waals surface area contributed by atoms with Crippen LogP contribution in [0.3, 0.4) is 0 Å². The molecule has 0 aromatic heterocycles. The van der Waals surface area contributed by atoms with Crippen molar-refractivity contribution in [3.63, 3.8) is 0 Å². The Balaban J connectivity index is 3.26. The first kappa shape index (κ1) is 14.0. The van der Waals surface area contributed by atoms with E-state index in [2.05, 4.69) is 4.74 Å². The van der Waals surface area contributed by atoms with Gasteiger partial charge in [-0.2, -0.15) is 0 Å². The van der Waals surface area contributed by atoms with Crippen LogP contribution in [0.1, 0.15) is 22.8 Å². The molecule has 0 radical (unpaired) electrons. The molecule has 0 unspecified atom stereocenters. The van der Waals surface area contributed by atoms with Gasteiger partial charge in [0.25, 0.3) is 5.78 Å². The molecule has 0 fully saturated rings. The number of esters is 1.